The third-order valence-electron chi connectivity index (χ3n) is 4.55. The van der Waals surface area contributed by atoms with Crippen LogP contribution in [-0.2, 0) is 12.8 Å². The van der Waals surface area contributed by atoms with Gasteiger partial charge in [-0.25, -0.2) is 0 Å². The predicted octanol–water partition coefficient (Wildman–Crippen LogP) is 4.19. The summed E-state index contributed by atoms with van der Waals surface area (Å²) < 4.78 is 49.8. The van der Waals surface area contributed by atoms with E-state index in [4.69, 9.17) is 15.2 Å². The third-order valence-corrected chi connectivity index (χ3v) is 4.55. The van der Waals surface area contributed by atoms with Gasteiger partial charge in [-0.05, 0) is 41.5 Å². The predicted molar refractivity (Wildman–Crippen MR) is 121 cm³/mol. The molecule has 0 saturated carbocycles. The van der Waals surface area contributed by atoms with Crippen LogP contribution in [0.2, 0.25) is 0 Å². The number of hydrogen-bond donors (Lipinski definition) is 1. The van der Waals surface area contributed by atoms with E-state index in [2.05, 4.69) is 15.0 Å². The molecule has 2 N–H and O–H groups in total. The highest BCUT2D eigenvalue weighted by molar-refractivity contribution is 5.87. The highest BCUT2D eigenvalue weighted by Crippen LogP contribution is 2.32. The largest absolute Gasteiger partial charge is 0.493 e. The minimum Gasteiger partial charge on any atom is -0.493 e. The molecule has 176 valence electrons. The molecule has 0 atom stereocenters. The molecule has 0 fully saturated rings. The molecule has 0 radical (unpaired) electrons. The van der Waals surface area contributed by atoms with Crippen LogP contribution >= 0.6 is 0 Å². The van der Waals surface area contributed by atoms with E-state index < -0.39 is 11.7 Å². The molecule has 3 aromatic rings. The van der Waals surface area contributed by atoms with Gasteiger partial charge in [0.2, 0.25) is 11.9 Å². The molecule has 0 aliphatic heterocycles. The molecule has 0 saturated heterocycles. The number of allylic oxidation sites excluding steroid dienone is 1. The van der Waals surface area contributed by atoms with Gasteiger partial charge in [0.05, 0.1) is 18.2 Å². The Morgan fingerprint density at radius 3 is 2.53 bits per heavy atom. The molecule has 2 aromatic carbocycles. The van der Waals surface area contributed by atoms with Gasteiger partial charge in [-0.2, -0.15) is 33.4 Å². The van der Waals surface area contributed by atoms with Crippen LogP contribution in [-0.4, -0.2) is 36.2 Å². The van der Waals surface area contributed by atoms with Crippen LogP contribution in [0.4, 0.5) is 25.1 Å². The van der Waals surface area contributed by atoms with Crippen LogP contribution in [0.1, 0.15) is 22.5 Å². The van der Waals surface area contributed by atoms with Crippen molar-refractivity contribution in [3.63, 3.8) is 0 Å². The van der Waals surface area contributed by atoms with Crippen molar-refractivity contribution >= 4 is 23.5 Å². The summed E-state index contributed by atoms with van der Waals surface area (Å²) in [6.07, 6.45) is -2.88. The molecule has 0 aliphatic rings. The molecule has 1 heterocycles. The number of halogens is 3. The number of methoxy groups -OCH3 is 1. The second kappa shape index (κ2) is 10.1. The number of benzene rings is 2. The van der Waals surface area contributed by atoms with Crippen molar-refractivity contribution in [1.82, 2.24) is 15.0 Å². The number of nitrogens with two attached hydrogens (primary N) is 1. The first kappa shape index (κ1) is 24.3. The monoisotopic (exact) mass is 470 g/mol. The molecule has 3 rings (SSSR count). The topological polar surface area (TPSA) is 110 Å². The summed E-state index contributed by atoms with van der Waals surface area (Å²) in [4.78, 5) is 13.9. The SMILES string of the molecule is COc1cc(/C=C(\C#N)c2nc(N)nc(N(C)C)n2)ccc1OCc1cccc(C(F)(F)F)c1. The first-order valence-corrected chi connectivity index (χ1v) is 9.88. The maximum absolute atomic E-state index is 12.9. The summed E-state index contributed by atoms with van der Waals surface area (Å²) >= 11 is 0. The number of anilines is 2. The van der Waals surface area contributed by atoms with E-state index in [1.165, 1.54) is 13.2 Å². The molecule has 0 unspecified atom stereocenters. The smallest absolute Gasteiger partial charge is 0.416 e. The molecule has 0 bridgehead atoms. The van der Waals surface area contributed by atoms with Crippen molar-refractivity contribution in [3.05, 3.63) is 65.0 Å². The van der Waals surface area contributed by atoms with Crippen molar-refractivity contribution in [2.45, 2.75) is 12.8 Å². The van der Waals surface area contributed by atoms with Gasteiger partial charge in [0.25, 0.3) is 0 Å². The summed E-state index contributed by atoms with van der Waals surface area (Å²) in [5.41, 5.74) is 6.09. The lowest BCUT2D eigenvalue weighted by molar-refractivity contribution is -0.137. The number of aromatic nitrogens is 3. The Morgan fingerprint density at radius 1 is 1.12 bits per heavy atom. The van der Waals surface area contributed by atoms with Crippen LogP contribution in [0.3, 0.4) is 0 Å². The highest BCUT2D eigenvalue weighted by atomic mass is 19.4. The van der Waals surface area contributed by atoms with Crippen molar-refractivity contribution in [1.29, 1.82) is 5.26 Å². The van der Waals surface area contributed by atoms with E-state index in [1.54, 1.807) is 49.3 Å². The molecular formula is C23H21F3N6O2. The number of rotatable bonds is 7. The van der Waals surface area contributed by atoms with E-state index >= 15 is 0 Å². The number of alkyl halides is 3. The number of ether oxygens (including phenoxy) is 2. The Balaban J connectivity index is 1.85. The van der Waals surface area contributed by atoms with Crippen molar-refractivity contribution in [2.75, 3.05) is 31.8 Å². The third kappa shape index (κ3) is 5.92. The molecule has 0 amide bonds. The van der Waals surface area contributed by atoms with Gasteiger partial charge >= 0.3 is 6.18 Å². The zero-order valence-corrected chi connectivity index (χ0v) is 18.6. The summed E-state index contributed by atoms with van der Waals surface area (Å²) in [7, 11) is 4.90. The Hall–Kier alpha value is -4.33. The zero-order chi connectivity index (χ0) is 24.9. The fourth-order valence-electron chi connectivity index (χ4n) is 2.91. The Kier molecular flexibility index (Phi) is 7.21. The van der Waals surface area contributed by atoms with Crippen LogP contribution in [0.15, 0.2) is 42.5 Å². The minimum absolute atomic E-state index is 0.0224. The first-order valence-electron chi connectivity index (χ1n) is 9.88. The highest BCUT2D eigenvalue weighted by Gasteiger charge is 2.30. The van der Waals surface area contributed by atoms with E-state index in [-0.39, 0.29) is 24.0 Å². The van der Waals surface area contributed by atoms with Crippen LogP contribution in [0.5, 0.6) is 11.5 Å². The lowest BCUT2D eigenvalue weighted by Gasteiger charge is -2.13. The van der Waals surface area contributed by atoms with Gasteiger partial charge in [-0.15, -0.1) is 0 Å². The number of nitrogen functional groups attached to an aromatic ring is 1. The zero-order valence-electron chi connectivity index (χ0n) is 18.6. The Morgan fingerprint density at radius 2 is 1.88 bits per heavy atom. The fourth-order valence-corrected chi connectivity index (χ4v) is 2.91. The summed E-state index contributed by atoms with van der Waals surface area (Å²) in [5.74, 6) is 1.06. The maximum atomic E-state index is 12.9. The molecule has 11 heteroatoms. The average molecular weight is 470 g/mol. The molecule has 0 spiro atoms. The van der Waals surface area contributed by atoms with Gasteiger partial charge in [-0.1, -0.05) is 18.2 Å². The van der Waals surface area contributed by atoms with Crippen LogP contribution in [0.25, 0.3) is 11.6 Å². The summed E-state index contributed by atoms with van der Waals surface area (Å²) in [6, 6.07) is 11.8. The van der Waals surface area contributed by atoms with E-state index in [9.17, 15) is 18.4 Å². The lowest BCUT2D eigenvalue weighted by atomic mass is 10.1. The molecule has 8 nitrogen and oxygen atoms in total. The van der Waals surface area contributed by atoms with Gasteiger partial charge in [0.1, 0.15) is 12.7 Å². The maximum Gasteiger partial charge on any atom is 0.416 e. The minimum atomic E-state index is -4.43. The van der Waals surface area contributed by atoms with Crippen LogP contribution in [0, 0.1) is 11.3 Å². The van der Waals surface area contributed by atoms with Gasteiger partial charge in [0, 0.05) is 14.1 Å². The number of nitrogens with zero attached hydrogens (tertiary/aromatic N) is 5. The van der Waals surface area contributed by atoms with Gasteiger partial charge in [-0.3, -0.25) is 0 Å². The summed E-state index contributed by atoms with van der Waals surface area (Å²) in [5, 5.41) is 9.62. The normalized spacial score (nSPS) is 11.6. The number of nitriles is 1. The Labute approximate surface area is 194 Å². The lowest BCUT2D eigenvalue weighted by Crippen LogP contribution is -2.15. The first-order chi connectivity index (χ1) is 16.1. The second-order valence-corrected chi connectivity index (χ2v) is 7.28. The molecular weight excluding hydrogens is 449 g/mol. The van der Waals surface area contributed by atoms with E-state index in [1.807, 2.05) is 6.07 Å². The Bertz CT molecular complexity index is 1250. The number of hydrogen-bond acceptors (Lipinski definition) is 8. The van der Waals surface area contributed by atoms with Crippen molar-refractivity contribution < 1.29 is 22.6 Å². The summed E-state index contributed by atoms with van der Waals surface area (Å²) in [6.45, 7) is -0.0869. The van der Waals surface area contributed by atoms with Gasteiger partial charge < -0.3 is 20.1 Å². The van der Waals surface area contributed by atoms with Crippen molar-refractivity contribution in [3.8, 4) is 17.6 Å². The van der Waals surface area contributed by atoms with E-state index in [0.717, 1.165) is 12.1 Å². The molecule has 0 aliphatic carbocycles. The fraction of sp³-hybridized carbons (Fsp3) is 0.217. The quantitative estimate of drug-likeness (QED) is 0.512. The van der Waals surface area contributed by atoms with E-state index in [0.29, 0.717) is 28.6 Å². The standard InChI is InChI=1S/C23H21F3N6O2/c1-32(2)22-30-20(29-21(28)31-22)16(12-27)9-14-7-8-18(19(11-14)33-3)34-13-15-5-4-6-17(10-15)23(24,25)26/h4-11H,13H2,1-3H3,(H2,28,29,30,31)/b16-9+. The average Bonchev–Trinajstić information content (AvgIpc) is 2.80. The molecule has 34 heavy (non-hydrogen) atoms. The molecule has 1 aromatic heterocycles. The van der Waals surface area contributed by atoms with Gasteiger partial charge in [0.15, 0.2) is 17.3 Å². The van der Waals surface area contributed by atoms with Crippen LogP contribution < -0.4 is 20.1 Å². The second-order valence-electron chi connectivity index (χ2n) is 7.28. The van der Waals surface area contributed by atoms with Crippen molar-refractivity contribution in [2.24, 2.45) is 0 Å².